The van der Waals surface area contributed by atoms with Crippen LogP contribution in [-0.2, 0) is 0 Å². The van der Waals surface area contributed by atoms with Gasteiger partial charge in [-0.3, -0.25) is 4.79 Å². The predicted octanol–water partition coefficient (Wildman–Crippen LogP) is 4.13. The zero-order chi connectivity index (χ0) is 14.0. The molecule has 1 amide bonds. The fourth-order valence-corrected chi connectivity index (χ4v) is 2.31. The van der Waals surface area contributed by atoms with Crippen molar-refractivity contribution in [3.05, 3.63) is 62.7 Å². The summed E-state index contributed by atoms with van der Waals surface area (Å²) in [6.07, 6.45) is 0. The molecule has 0 radical (unpaired) electrons. The second-order valence-corrected chi connectivity index (χ2v) is 5.20. The Kier molecular flexibility index (Phi) is 4.14. The molecule has 2 nitrogen and oxygen atoms in total. The average Bonchev–Trinajstić information content (AvgIpc) is 2.33. The molecular formula is C14H10F2INO. The molecule has 0 spiro atoms. The van der Waals surface area contributed by atoms with Crippen LogP contribution in [0.1, 0.15) is 15.9 Å². The third-order valence-corrected chi connectivity index (χ3v) is 3.52. The van der Waals surface area contributed by atoms with Crippen molar-refractivity contribution in [3.63, 3.8) is 0 Å². The van der Waals surface area contributed by atoms with Crippen molar-refractivity contribution in [1.29, 1.82) is 0 Å². The van der Waals surface area contributed by atoms with E-state index in [-0.39, 0.29) is 0 Å². The number of anilines is 1. The van der Waals surface area contributed by atoms with Gasteiger partial charge >= 0.3 is 0 Å². The van der Waals surface area contributed by atoms with Gasteiger partial charge in [0.25, 0.3) is 5.91 Å². The molecular weight excluding hydrogens is 363 g/mol. The minimum absolute atomic E-state index is 0.352. The van der Waals surface area contributed by atoms with Crippen molar-refractivity contribution in [3.8, 4) is 0 Å². The monoisotopic (exact) mass is 373 g/mol. The molecule has 0 aromatic heterocycles. The Morgan fingerprint density at radius 1 is 1.11 bits per heavy atom. The number of benzene rings is 2. The zero-order valence-corrected chi connectivity index (χ0v) is 12.2. The van der Waals surface area contributed by atoms with Gasteiger partial charge in [-0.25, -0.2) is 8.78 Å². The Balaban J connectivity index is 2.28. The fourth-order valence-electron chi connectivity index (χ4n) is 1.59. The van der Waals surface area contributed by atoms with Gasteiger partial charge in [0, 0.05) is 9.26 Å². The molecule has 19 heavy (non-hydrogen) atoms. The van der Waals surface area contributed by atoms with Gasteiger partial charge in [0.2, 0.25) is 0 Å². The molecule has 0 heterocycles. The van der Waals surface area contributed by atoms with Crippen LogP contribution >= 0.6 is 22.6 Å². The van der Waals surface area contributed by atoms with Crippen LogP contribution in [0.2, 0.25) is 0 Å². The van der Waals surface area contributed by atoms with Gasteiger partial charge in [-0.1, -0.05) is 6.07 Å². The average molecular weight is 373 g/mol. The highest BCUT2D eigenvalue weighted by Gasteiger charge is 2.12. The van der Waals surface area contributed by atoms with Gasteiger partial charge in [0.1, 0.15) is 11.6 Å². The molecule has 0 aliphatic rings. The molecule has 5 heteroatoms. The van der Waals surface area contributed by atoms with E-state index in [9.17, 15) is 13.6 Å². The maximum Gasteiger partial charge on any atom is 0.256 e. The van der Waals surface area contributed by atoms with Crippen molar-refractivity contribution in [2.24, 2.45) is 0 Å². The predicted molar refractivity (Wildman–Crippen MR) is 78.2 cm³/mol. The summed E-state index contributed by atoms with van der Waals surface area (Å²) in [6.45, 7) is 1.77. The molecule has 98 valence electrons. The van der Waals surface area contributed by atoms with E-state index in [1.165, 1.54) is 30.3 Å². The Labute approximate surface area is 123 Å². The Morgan fingerprint density at radius 3 is 2.42 bits per heavy atom. The van der Waals surface area contributed by atoms with E-state index in [0.717, 1.165) is 5.56 Å². The van der Waals surface area contributed by atoms with E-state index in [4.69, 9.17) is 0 Å². The third-order valence-electron chi connectivity index (χ3n) is 2.62. The van der Waals surface area contributed by atoms with Crippen LogP contribution in [0.5, 0.6) is 0 Å². The van der Waals surface area contributed by atoms with Gasteiger partial charge in [-0.05, 0) is 65.4 Å². The maximum absolute atomic E-state index is 13.1. The highest BCUT2D eigenvalue weighted by atomic mass is 127. The number of halogens is 3. The second kappa shape index (κ2) is 5.64. The molecule has 0 atom stereocenters. The molecule has 0 saturated heterocycles. The minimum Gasteiger partial charge on any atom is -0.322 e. The van der Waals surface area contributed by atoms with E-state index in [1.807, 2.05) is 22.6 Å². The molecule has 0 aliphatic heterocycles. The normalized spacial score (nSPS) is 10.3. The quantitative estimate of drug-likeness (QED) is 0.789. The highest BCUT2D eigenvalue weighted by molar-refractivity contribution is 14.1. The molecule has 0 unspecified atom stereocenters. The van der Waals surface area contributed by atoms with Crippen LogP contribution in [0.15, 0.2) is 36.4 Å². The van der Waals surface area contributed by atoms with Gasteiger partial charge < -0.3 is 5.32 Å². The molecule has 0 aliphatic carbocycles. The van der Waals surface area contributed by atoms with Crippen LogP contribution in [0.3, 0.4) is 0 Å². The van der Waals surface area contributed by atoms with E-state index < -0.39 is 17.5 Å². The standard InChI is InChI=1S/C14H10F2INO/c1-8-2-3-10(16)7-13(8)18-14(19)11-5-4-9(15)6-12(11)17/h2-7H,1H3,(H,18,19). The summed E-state index contributed by atoms with van der Waals surface area (Å²) in [7, 11) is 0. The van der Waals surface area contributed by atoms with Crippen molar-refractivity contribution in [1.82, 2.24) is 0 Å². The lowest BCUT2D eigenvalue weighted by Gasteiger charge is -2.09. The number of amides is 1. The summed E-state index contributed by atoms with van der Waals surface area (Å²) in [5, 5.41) is 2.62. The number of hydrogen-bond donors (Lipinski definition) is 1. The van der Waals surface area contributed by atoms with Crippen molar-refractivity contribution in [2.75, 3.05) is 5.32 Å². The summed E-state index contributed by atoms with van der Waals surface area (Å²) >= 11 is 1.88. The van der Waals surface area contributed by atoms with Gasteiger partial charge in [0.05, 0.1) is 5.56 Å². The smallest absolute Gasteiger partial charge is 0.256 e. The molecule has 2 aromatic rings. The van der Waals surface area contributed by atoms with Crippen LogP contribution in [0, 0.1) is 22.1 Å². The van der Waals surface area contributed by atoms with E-state index >= 15 is 0 Å². The van der Waals surface area contributed by atoms with Crippen molar-refractivity contribution >= 4 is 34.2 Å². The first-order valence-electron chi connectivity index (χ1n) is 5.50. The number of nitrogens with one attached hydrogen (secondary N) is 1. The molecule has 2 aromatic carbocycles. The first kappa shape index (κ1) is 13.9. The van der Waals surface area contributed by atoms with Crippen LogP contribution in [0.4, 0.5) is 14.5 Å². The van der Waals surface area contributed by atoms with Crippen molar-refractivity contribution < 1.29 is 13.6 Å². The van der Waals surface area contributed by atoms with Crippen LogP contribution < -0.4 is 5.32 Å². The van der Waals surface area contributed by atoms with Crippen LogP contribution in [-0.4, -0.2) is 5.91 Å². The van der Waals surface area contributed by atoms with Crippen LogP contribution in [0.25, 0.3) is 0 Å². The molecule has 2 rings (SSSR count). The Bertz CT molecular complexity index is 643. The topological polar surface area (TPSA) is 29.1 Å². The largest absolute Gasteiger partial charge is 0.322 e. The van der Waals surface area contributed by atoms with Gasteiger partial charge in [0.15, 0.2) is 0 Å². The minimum atomic E-state index is -0.422. The first-order chi connectivity index (χ1) is 8.97. The second-order valence-electron chi connectivity index (χ2n) is 4.04. The molecule has 1 N–H and O–H groups in total. The lowest BCUT2D eigenvalue weighted by atomic mass is 10.1. The first-order valence-corrected chi connectivity index (χ1v) is 6.58. The number of carbonyl (C=O) groups excluding carboxylic acids is 1. The summed E-state index contributed by atoms with van der Waals surface area (Å²) in [6, 6.07) is 8.06. The lowest BCUT2D eigenvalue weighted by Crippen LogP contribution is -2.14. The molecule has 0 bridgehead atoms. The summed E-state index contributed by atoms with van der Waals surface area (Å²) in [5.41, 5.74) is 1.52. The maximum atomic E-state index is 13.1. The number of aryl methyl sites for hydroxylation is 1. The third kappa shape index (κ3) is 3.28. The summed E-state index contributed by atoms with van der Waals surface area (Å²) in [4.78, 5) is 12.0. The van der Waals surface area contributed by atoms with Gasteiger partial charge in [-0.2, -0.15) is 0 Å². The van der Waals surface area contributed by atoms with E-state index in [2.05, 4.69) is 5.32 Å². The van der Waals surface area contributed by atoms with E-state index in [1.54, 1.807) is 13.0 Å². The lowest BCUT2D eigenvalue weighted by molar-refractivity contribution is 0.102. The van der Waals surface area contributed by atoms with Crippen molar-refractivity contribution in [2.45, 2.75) is 6.92 Å². The molecule has 0 fully saturated rings. The summed E-state index contributed by atoms with van der Waals surface area (Å²) < 4.78 is 26.6. The number of rotatable bonds is 2. The number of hydrogen-bond acceptors (Lipinski definition) is 1. The van der Waals surface area contributed by atoms with E-state index in [0.29, 0.717) is 14.8 Å². The Morgan fingerprint density at radius 2 is 1.74 bits per heavy atom. The zero-order valence-electron chi connectivity index (χ0n) is 10.0. The van der Waals surface area contributed by atoms with Gasteiger partial charge in [-0.15, -0.1) is 0 Å². The Hall–Kier alpha value is -1.50. The molecule has 0 saturated carbocycles. The number of carbonyl (C=O) groups is 1. The SMILES string of the molecule is Cc1ccc(F)cc1NC(=O)c1ccc(F)cc1I. The fraction of sp³-hybridized carbons (Fsp3) is 0.0714. The summed E-state index contributed by atoms with van der Waals surface area (Å²) in [5.74, 6) is -1.21. The highest BCUT2D eigenvalue weighted by Crippen LogP contribution is 2.19.